The van der Waals surface area contributed by atoms with Gasteiger partial charge in [-0.2, -0.15) is 15.2 Å². The maximum Gasteiger partial charge on any atom is 0.247 e. The number of aromatic nitrogens is 8. The van der Waals surface area contributed by atoms with Crippen molar-refractivity contribution in [2.75, 3.05) is 5.32 Å². The number of hydrogen-bond acceptors (Lipinski definition) is 6. The van der Waals surface area contributed by atoms with Crippen molar-refractivity contribution in [3.05, 3.63) is 49.2 Å². The van der Waals surface area contributed by atoms with Crippen molar-refractivity contribution in [2.24, 2.45) is 7.05 Å². The predicted octanol–water partition coefficient (Wildman–Crippen LogP) is 2.64. The summed E-state index contributed by atoms with van der Waals surface area (Å²) >= 11 is 0. The molecule has 1 N–H and O–H groups in total. The normalized spacial score (nSPS) is 11.5. The molecule has 0 aliphatic heterocycles. The molecule has 0 fully saturated rings. The van der Waals surface area contributed by atoms with Crippen LogP contribution in [0.1, 0.15) is 6.92 Å². The lowest BCUT2D eigenvalue weighted by Crippen LogP contribution is -1.97. The third-order valence-electron chi connectivity index (χ3n) is 4.43. The second-order valence-electron chi connectivity index (χ2n) is 6.24. The molecular formula is C18H17N9. The third-order valence-corrected chi connectivity index (χ3v) is 4.43. The van der Waals surface area contributed by atoms with Crippen LogP contribution in [0.2, 0.25) is 0 Å². The summed E-state index contributed by atoms with van der Waals surface area (Å²) in [5.74, 6) is 0.509. The molecule has 0 radical (unpaired) electrons. The van der Waals surface area contributed by atoms with Gasteiger partial charge >= 0.3 is 0 Å². The zero-order chi connectivity index (χ0) is 18.4. The summed E-state index contributed by atoms with van der Waals surface area (Å²) in [7, 11) is 1.87. The molecule has 1 aromatic carbocycles. The van der Waals surface area contributed by atoms with Gasteiger partial charge in [0, 0.05) is 48.8 Å². The zero-order valence-corrected chi connectivity index (χ0v) is 14.9. The average molecular weight is 359 g/mol. The Labute approximate surface area is 154 Å². The standard InChI is InChI=1S/C18H17N9/c1-3-26-15-8-14(5-4-12(15)9-21-26)22-18-23-17-16(13-10-20-25(2)11-13)19-6-7-27(17)24-18/h4-11H,3H2,1-2H3,(H,22,24). The Kier molecular flexibility index (Phi) is 3.39. The van der Waals surface area contributed by atoms with E-state index in [-0.39, 0.29) is 0 Å². The van der Waals surface area contributed by atoms with E-state index >= 15 is 0 Å². The van der Waals surface area contributed by atoms with Crippen LogP contribution in [0.3, 0.4) is 0 Å². The van der Waals surface area contributed by atoms with E-state index in [9.17, 15) is 0 Å². The molecule has 0 atom stereocenters. The molecule has 0 saturated heterocycles. The maximum absolute atomic E-state index is 4.62. The lowest BCUT2D eigenvalue weighted by Gasteiger charge is -2.03. The number of nitrogens with one attached hydrogen (secondary N) is 1. The molecule has 0 saturated carbocycles. The SMILES string of the molecule is CCn1ncc2ccc(Nc3nc4c(-c5cnn(C)c5)nccn4n3)cc21. The Morgan fingerprint density at radius 2 is 2.07 bits per heavy atom. The first kappa shape index (κ1) is 15.5. The molecule has 0 aliphatic rings. The Balaban J connectivity index is 1.54. The van der Waals surface area contributed by atoms with E-state index in [1.807, 2.05) is 36.3 Å². The number of benzene rings is 1. The van der Waals surface area contributed by atoms with Gasteiger partial charge < -0.3 is 5.32 Å². The highest BCUT2D eigenvalue weighted by atomic mass is 15.4. The van der Waals surface area contributed by atoms with Crippen LogP contribution in [0.4, 0.5) is 11.6 Å². The molecule has 0 unspecified atom stereocenters. The van der Waals surface area contributed by atoms with Crippen LogP contribution in [0, 0.1) is 0 Å². The molecule has 5 aromatic rings. The summed E-state index contributed by atoms with van der Waals surface area (Å²) in [5, 5.41) is 17.5. The summed E-state index contributed by atoms with van der Waals surface area (Å²) in [5.41, 5.74) is 4.29. The molecule has 5 rings (SSSR count). The van der Waals surface area contributed by atoms with Gasteiger partial charge in [-0.1, -0.05) is 0 Å². The fourth-order valence-electron chi connectivity index (χ4n) is 3.15. The molecule has 9 heteroatoms. The second-order valence-corrected chi connectivity index (χ2v) is 6.24. The van der Waals surface area contributed by atoms with Gasteiger partial charge in [-0.05, 0) is 25.1 Å². The molecule has 0 aliphatic carbocycles. The van der Waals surface area contributed by atoms with Crippen LogP contribution >= 0.6 is 0 Å². The first-order valence-corrected chi connectivity index (χ1v) is 8.64. The van der Waals surface area contributed by atoms with Crippen molar-refractivity contribution in [3.8, 4) is 11.3 Å². The highest BCUT2D eigenvalue weighted by molar-refractivity contribution is 5.83. The van der Waals surface area contributed by atoms with Gasteiger partial charge in [-0.15, -0.1) is 5.10 Å². The largest absolute Gasteiger partial charge is 0.323 e. The van der Waals surface area contributed by atoms with Crippen LogP contribution in [-0.2, 0) is 13.6 Å². The van der Waals surface area contributed by atoms with E-state index < -0.39 is 0 Å². The number of aryl methyl sites for hydroxylation is 2. The van der Waals surface area contributed by atoms with Crippen molar-refractivity contribution >= 4 is 28.2 Å². The summed E-state index contributed by atoms with van der Waals surface area (Å²) in [6.45, 7) is 2.89. The Morgan fingerprint density at radius 3 is 2.89 bits per heavy atom. The first-order chi connectivity index (χ1) is 13.2. The van der Waals surface area contributed by atoms with E-state index in [1.54, 1.807) is 27.8 Å². The Morgan fingerprint density at radius 1 is 1.15 bits per heavy atom. The van der Waals surface area contributed by atoms with Crippen molar-refractivity contribution in [1.29, 1.82) is 0 Å². The number of anilines is 2. The van der Waals surface area contributed by atoms with E-state index in [2.05, 4.69) is 43.6 Å². The van der Waals surface area contributed by atoms with Crippen LogP contribution in [-0.4, -0.2) is 39.1 Å². The fraction of sp³-hybridized carbons (Fsp3) is 0.167. The average Bonchev–Trinajstić information content (AvgIpc) is 3.38. The van der Waals surface area contributed by atoms with Crippen molar-refractivity contribution in [3.63, 3.8) is 0 Å². The van der Waals surface area contributed by atoms with Crippen LogP contribution < -0.4 is 5.32 Å². The predicted molar refractivity (Wildman–Crippen MR) is 102 cm³/mol. The maximum atomic E-state index is 4.62. The number of fused-ring (bicyclic) bond motifs is 2. The summed E-state index contributed by atoms with van der Waals surface area (Å²) in [4.78, 5) is 9.07. The molecule has 0 amide bonds. The number of hydrogen-bond donors (Lipinski definition) is 1. The van der Waals surface area contributed by atoms with E-state index in [1.165, 1.54) is 0 Å². The van der Waals surface area contributed by atoms with Crippen LogP contribution in [0.15, 0.2) is 49.2 Å². The summed E-state index contributed by atoms with van der Waals surface area (Å²) in [6.07, 6.45) is 9.04. The molecule has 27 heavy (non-hydrogen) atoms. The minimum atomic E-state index is 0.509. The highest BCUT2D eigenvalue weighted by Crippen LogP contribution is 2.24. The van der Waals surface area contributed by atoms with Crippen molar-refractivity contribution in [1.82, 2.24) is 39.1 Å². The summed E-state index contributed by atoms with van der Waals surface area (Å²) < 4.78 is 5.41. The van der Waals surface area contributed by atoms with Gasteiger partial charge in [0.05, 0.1) is 17.9 Å². The minimum Gasteiger partial charge on any atom is -0.323 e. The van der Waals surface area contributed by atoms with Gasteiger partial charge in [-0.3, -0.25) is 14.3 Å². The lowest BCUT2D eigenvalue weighted by molar-refractivity contribution is 0.684. The molecule has 134 valence electrons. The Bertz CT molecular complexity index is 1260. The van der Waals surface area contributed by atoms with Gasteiger partial charge in [-0.25, -0.2) is 4.52 Å². The lowest BCUT2D eigenvalue weighted by atomic mass is 10.2. The van der Waals surface area contributed by atoms with Crippen LogP contribution in [0.5, 0.6) is 0 Å². The van der Waals surface area contributed by atoms with Gasteiger partial charge in [0.15, 0.2) is 5.65 Å². The second kappa shape index (κ2) is 5.90. The van der Waals surface area contributed by atoms with E-state index in [4.69, 9.17) is 0 Å². The quantitative estimate of drug-likeness (QED) is 0.530. The minimum absolute atomic E-state index is 0.509. The molecule has 0 spiro atoms. The van der Waals surface area contributed by atoms with Crippen LogP contribution in [0.25, 0.3) is 27.8 Å². The molecule has 4 heterocycles. The first-order valence-electron chi connectivity index (χ1n) is 8.64. The Hall–Kier alpha value is -3.75. The van der Waals surface area contributed by atoms with Gasteiger partial charge in [0.1, 0.15) is 5.69 Å². The molecule has 0 bridgehead atoms. The molecule has 9 nitrogen and oxygen atoms in total. The van der Waals surface area contributed by atoms with E-state index in [0.29, 0.717) is 11.6 Å². The van der Waals surface area contributed by atoms with Gasteiger partial charge in [0.25, 0.3) is 0 Å². The molecule has 4 aromatic heterocycles. The molecular weight excluding hydrogens is 342 g/mol. The van der Waals surface area contributed by atoms with Crippen molar-refractivity contribution < 1.29 is 0 Å². The van der Waals surface area contributed by atoms with Gasteiger partial charge in [0.2, 0.25) is 5.95 Å². The van der Waals surface area contributed by atoms with Crippen molar-refractivity contribution in [2.45, 2.75) is 13.5 Å². The monoisotopic (exact) mass is 359 g/mol. The highest BCUT2D eigenvalue weighted by Gasteiger charge is 2.13. The van der Waals surface area contributed by atoms with E-state index in [0.717, 1.165) is 34.4 Å². The summed E-state index contributed by atoms with van der Waals surface area (Å²) in [6, 6.07) is 6.09. The fourth-order valence-corrected chi connectivity index (χ4v) is 3.15. The number of nitrogens with zero attached hydrogens (tertiary/aromatic N) is 8. The third kappa shape index (κ3) is 2.60. The number of rotatable bonds is 4. The smallest absolute Gasteiger partial charge is 0.247 e. The zero-order valence-electron chi connectivity index (χ0n) is 14.9. The topological polar surface area (TPSA) is 90.8 Å².